The number of hydrogen-bond acceptors (Lipinski definition) is 2. The van der Waals surface area contributed by atoms with E-state index in [2.05, 4.69) is 4.74 Å². The molecule has 0 N–H and O–H groups in total. The molecule has 0 spiro atoms. The Kier molecular flexibility index (Phi) is 3.95. The second-order valence-electron chi connectivity index (χ2n) is 2.88. The fourth-order valence-electron chi connectivity index (χ4n) is 1.03. The lowest BCUT2D eigenvalue weighted by Crippen LogP contribution is -2.16. The zero-order valence-electron chi connectivity index (χ0n) is 8.16. The molecular weight excluding hydrogens is 219 g/mol. The van der Waals surface area contributed by atoms with Crippen LogP contribution in [0, 0.1) is 11.3 Å². The van der Waals surface area contributed by atoms with Crippen LogP contribution >= 0.6 is 0 Å². The molecule has 0 aliphatic carbocycles. The summed E-state index contributed by atoms with van der Waals surface area (Å²) in [6.45, 7) is 0. The van der Waals surface area contributed by atoms with E-state index in [4.69, 9.17) is 5.26 Å². The van der Waals surface area contributed by atoms with Gasteiger partial charge < -0.3 is 4.74 Å². The molecule has 2 nitrogen and oxygen atoms in total. The maximum absolute atomic E-state index is 11.8. The van der Waals surface area contributed by atoms with Gasteiger partial charge in [0, 0.05) is 0 Å². The van der Waals surface area contributed by atoms with Gasteiger partial charge in [0.2, 0.25) is 0 Å². The van der Waals surface area contributed by atoms with Crippen molar-refractivity contribution in [3.63, 3.8) is 0 Å². The standard InChI is InChI=1S/C11H8F3NO/c12-11(13,14)16-10-6-4-9(5-7-10)3-1-2-8-15/h1,3-7H,2H2. The number of benzene rings is 1. The second kappa shape index (κ2) is 5.21. The molecule has 1 aromatic rings. The van der Waals surface area contributed by atoms with E-state index in [0.29, 0.717) is 5.56 Å². The minimum atomic E-state index is -4.67. The second-order valence-corrected chi connectivity index (χ2v) is 2.88. The van der Waals surface area contributed by atoms with Crippen LogP contribution < -0.4 is 4.74 Å². The van der Waals surface area contributed by atoms with E-state index in [1.807, 2.05) is 6.07 Å². The van der Waals surface area contributed by atoms with E-state index in [0.717, 1.165) is 0 Å². The van der Waals surface area contributed by atoms with Crippen molar-refractivity contribution in [1.29, 1.82) is 5.26 Å². The summed E-state index contributed by atoms with van der Waals surface area (Å²) in [5.74, 6) is -0.259. The molecule has 0 radical (unpaired) electrons. The van der Waals surface area contributed by atoms with Crippen molar-refractivity contribution in [2.45, 2.75) is 12.8 Å². The van der Waals surface area contributed by atoms with Gasteiger partial charge in [-0.2, -0.15) is 5.26 Å². The van der Waals surface area contributed by atoms with Gasteiger partial charge in [0.25, 0.3) is 0 Å². The number of nitrogens with zero attached hydrogens (tertiary/aromatic N) is 1. The first-order valence-corrected chi connectivity index (χ1v) is 4.40. The Balaban J connectivity index is 2.65. The highest BCUT2D eigenvalue weighted by atomic mass is 19.4. The van der Waals surface area contributed by atoms with Crippen LogP contribution in [0.5, 0.6) is 5.75 Å². The van der Waals surface area contributed by atoms with E-state index in [1.165, 1.54) is 24.3 Å². The summed E-state index contributed by atoms with van der Waals surface area (Å²) in [7, 11) is 0. The van der Waals surface area contributed by atoms with Crippen molar-refractivity contribution in [3.05, 3.63) is 35.9 Å². The molecule has 84 valence electrons. The summed E-state index contributed by atoms with van der Waals surface area (Å²) >= 11 is 0. The first-order valence-electron chi connectivity index (χ1n) is 4.40. The van der Waals surface area contributed by atoms with Crippen molar-refractivity contribution in [1.82, 2.24) is 0 Å². The fraction of sp³-hybridized carbons (Fsp3) is 0.182. The van der Waals surface area contributed by atoms with Gasteiger partial charge in [-0.05, 0) is 17.7 Å². The van der Waals surface area contributed by atoms with Crippen molar-refractivity contribution in [2.24, 2.45) is 0 Å². The summed E-state index contributed by atoms with van der Waals surface area (Å²) < 4.78 is 39.2. The third-order valence-electron chi connectivity index (χ3n) is 1.63. The Morgan fingerprint density at radius 3 is 2.38 bits per heavy atom. The summed E-state index contributed by atoms with van der Waals surface area (Å²) in [5, 5.41) is 8.27. The normalized spacial score (nSPS) is 11.4. The van der Waals surface area contributed by atoms with Gasteiger partial charge in [-0.25, -0.2) is 0 Å². The highest BCUT2D eigenvalue weighted by Gasteiger charge is 2.30. The number of nitriles is 1. The molecule has 0 aliphatic rings. The van der Waals surface area contributed by atoms with Gasteiger partial charge >= 0.3 is 6.36 Å². The summed E-state index contributed by atoms with van der Waals surface area (Å²) in [6.07, 6.45) is -1.13. The first kappa shape index (κ1) is 12.1. The number of alkyl halides is 3. The lowest BCUT2D eigenvalue weighted by Gasteiger charge is -2.08. The number of hydrogen-bond donors (Lipinski definition) is 0. The van der Waals surface area contributed by atoms with Gasteiger partial charge in [0.1, 0.15) is 5.75 Å². The average Bonchev–Trinajstić information content (AvgIpc) is 2.19. The van der Waals surface area contributed by atoms with E-state index < -0.39 is 6.36 Å². The van der Waals surface area contributed by atoms with Crippen LogP contribution in [0.3, 0.4) is 0 Å². The van der Waals surface area contributed by atoms with Crippen molar-refractivity contribution in [2.75, 3.05) is 0 Å². The monoisotopic (exact) mass is 227 g/mol. The lowest BCUT2D eigenvalue weighted by atomic mass is 10.2. The van der Waals surface area contributed by atoms with Crippen LogP contribution in [0.2, 0.25) is 0 Å². The lowest BCUT2D eigenvalue weighted by molar-refractivity contribution is -0.274. The largest absolute Gasteiger partial charge is 0.573 e. The quantitative estimate of drug-likeness (QED) is 0.791. The average molecular weight is 227 g/mol. The Morgan fingerprint density at radius 1 is 1.25 bits per heavy atom. The van der Waals surface area contributed by atoms with E-state index in [-0.39, 0.29) is 12.2 Å². The SMILES string of the molecule is N#CCC=Cc1ccc(OC(F)(F)F)cc1. The topological polar surface area (TPSA) is 33.0 Å². The maximum Gasteiger partial charge on any atom is 0.573 e. The van der Waals surface area contributed by atoms with Crippen LogP contribution in [0.1, 0.15) is 12.0 Å². The maximum atomic E-state index is 11.8. The molecule has 0 unspecified atom stereocenters. The van der Waals surface area contributed by atoms with Gasteiger partial charge in [-0.1, -0.05) is 24.3 Å². The predicted molar refractivity (Wildman–Crippen MR) is 52.4 cm³/mol. The van der Waals surface area contributed by atoms with Crippen LogP contribution in [0.25, 0.3) is 6.08 Å². The first-order chi connectivity index (χ1) is 7.51. The van der Waals surface area contributed by atoms with Crippen LogP contribution in [-0.2, 0) is 0 Å². The number of rotatable bonds is 3. The summed E-state index contributed by atoms with van der Waals surface area (Å²) in [4.78, 5) is 0. The van der Waals surface area contributed by atoms with Crippen LogP contribution in [0.4, 0.5) is 13.2 Å². The van der Waals surface area contributed by atoms with Gasteiger partial charge in [-0.15, -0.1) is 13.2 Å². The minimum Gasteiger partial charge on any atom is -0.406 e. The number of allylic oxidation sites excluding steroid dienone is 1. The molecule has 0 aliphatic heterocycles. The molecular formula is C11H8F3NO. The summed E-state index contributed by atoms with van der Waals surface area (Å²) in [6, 6.07) is 7.33. The molecule has 0 aromatic heterocycles. The third kappa shape index (κ3) is 4.51. The zero-order valence-corrected chi connectivity index (χ0v) is 8.16. The smallest absolute Gasteiger partial charge is 0.406 e. The Hall–Kier alpha value is -1.96. The summed E-state index contributed by atoms with van der Waals surface area (Å²) in [5.41, 5.74) is 0.713. The highest BCUT2D eigenvalue weighted by molar-refractivity contribution is 5.50. The van der Waals surface area contributed by atoms with E-state index in [9.17, 15) is 13.2 Å². The molecule has 1 rings (SSSR count). The van der Waals surface area contributed by atoms with E-state index >= 15 is 0 Å². The van der Waals surface area contributed by atoms with Crippen molar-refractivity contribution < 1.29 is 17.9 Å². The Morgan fingerprint density at radius 2 is 1.88 bits per heavy atom. The van der Waals surface area contributed by atoms with E-state index in [1.54, 1.807) is 12.2 Å². The Bertz CT molecular complexity index is 401. The van der Waals surface area contributed by atoms with Crippen molar-refractivity contribution in [3.8, 4) is 11.8 Å². The van der Waals surface area contributed by atoms with Gasteiger partial charge in [-0.3, -0.25) is 0 Å². The molecule has 0 fully saturated rings. The zero-order chi connectivity index (χ0) is 12.0. The highest BCUT2D eigenvalue weighted by Crippen LogP contribution is 2.22. The molecule has 0 saturated carbocycles. The molecule has 0 saturated heterocycles. The number of ether oxygens (including phenoxy) is 1. The number of halogens is 3. The molecule has 0 bridgehead atoms. The molecule has 0 heterocycles. The van der Waals surface area contributed by atoms with Gasteiger partial charge in [0.15, 0.2) is 0 Å². The molecule has 1 aromatic carbocycles. The molecule has 0 amide bonds. The molecule has 0 atom stereocenters. The van der Waals surface area contributed by atoms with Crippen LogP contribution in [-0.4, -0.2) is 6.36 Å². The third-order valence-corrected chi connectivity index (χ3v) is 1.63. The molecule has 5 heteroatoms. The minimum absolute atomic E-state index is 0.259. The van der Waals surface area contributed by atoms with Crippen molar-refractivity contribution >= 4 is 6.08 Å². The molecule has 16 heavy (non-hydrogen) atoms. The Labute approximate surface area is 90.6 Å². The fourth-order valence-corrected chi connectivity index (χ4v) is 1.03. The predicted octanol–water partition coefficient (Wildman–Crippen LogP) is 3.51. The van der Waals surface area contributed by atoms with Gasteiger partial charge in [0.05, 0.1) is 12.5 Å². The van der Waals surface area contributed by atoms with Crippen LogP contribution in [0.15, 0.2) is 30.3 Å².